The average Bonchev–Trinajstić information content (AvgIpc) is 3.45. The van der Waals surface area contributed by atoms with Gasteiger partial charge < -0.3 is 10.2 Å². The molecule has 2 aliphatic rings. The fourth-order valence-electron chi connectivity index (χ4n) is 3.85. The molecule has 1 aliphatic carbocycles. The van der Waals surface area contributed by atoms with Crippen LogP contribution in [0.2, 0.25) is 0 Å². The zero-order valence-corrected chi connectivity index (χ0v) is 17.4. The van der Waals surface area contributed by atoms with Crippen molar-refractivity contribution in [2.75, 3.05) is 13.2 Å². The molecule has 4 N–H and O–H groups in total. The lowest BCUT2D eigenvalue weighted by molar-refractivity contribution is 0.0988. The van der Waals surface area contributed by atoms with E-state index in [-0.39, 0.29) is 22.9 Å². The molecule has 9 nitrogen and oxygen atoms in total. The van der Waals surface area contributed by atoms with Crippen LogP contribution in [0.1, 0.15) is 48.6 Å². The Morgan fingerprint density at radius 1 is 1.31 bits per heavy atom. The van der Waals surface area contributed by atoms with Gasteiger partial charge in [-0.25, -0.2) is 22.8 Å². The topological polar surface area (TPSA) is 137 Å². The quantitative estimate of drug-likeness (QED) is 0.495. The van der Waals surface area contributed by atoms with Crippen LogP contribution in [-0.2, 0) is 21.5 Å². The third kappa shape index (κ3) is 4.02. The smallest absolute Gasteiger partial charge is 0.276 e. The monoisotopic (exact) mass is 440 g/mol. The third-order valence-corrected chi connectivity index (χ3v) is 7.87. The number of aliphatic hydroxyl groups is 2. The number of pyridine rings is 1. The Morgan fingerprint density at radius 2 is 2.07 bits per heavy atom. The number of sulfonamides is 1. The summed E-state index contributed by atoms with van der Waals surface area (Å²) >= 11 is 1.68. The van der Waals surface area contributed by atoms with Crippen molar-refractivity contribution >= 4 is 21.8 Å². The highest BCUT2D eigenvalue weighted by Crippen LogP contribution is 2.36. The highest BCUT2D eigenvalue weighted by Gasteiger charge is 2.29. The number of rotatable bonds is 7. The Balaban J connectivity index is 1.74. The van der Waals surface area contributed by atoms with E-state index in [1.807, 2.05) is 0 Å². The maximum Gasteiger partial charge on any atom is 0.276 e. The van der Waals surface area contributed by atoms with Gasteiger partial charge in [-0.3, -0.25) is 9.89 Å². The lowest BCUT2D eigenvalue weighted by Crippen LogP contribution is -2.34. The Bertz CT molecular complexity index is 1060. The number of thioether (sulfide) groups is 1. The van der Waals surface area contributed by atoms with E-state index >= 15 is 0 Å². The summed E-state index contributed by atoms with van der Waals surface area (Å²) in [5, 5.41) is 21.5. The van der Waals surface area contributed by atoms with Gasteiger partial charge in [0.15, 0.2) is 5.82 Å². The highest BCUT2D eigenvalue weighted by molar-refractivity contribution is 7.98. The predicted molar refractivity (Wildman–Crippen MR) is 109 cm³/mol. The summed E-state index contributed by atoms with van der Waals surface area (Å²) in [6.45, 7) is -0.820. The number of hydrogen-bond acceptors (Lipinski definition) is 7. The van der Waals surface area contributed by atoms with Crippen LogP contribution in [0.15, 0.2) is 21.8 Å². The molecule has 29 heavy (non-hydrogen) atoms. The molecule has 158 valence electrons. The van der Waals surface area contributed by atoms with Crippen LogP contribution < -0.4 is 10.3 Å². The van der Waals surface area contributed by atoms with Gasteiger partial charge in [0.1, 0.15) is 4.90 Å². The van der Waals surface area contributed by atoms with Gasteiger partial charge >= 0.3 is 0 Å². The summed E-state index contributed by atoms with van der Waals surface area (Å²) in [7, 11) is -3.92. The molecule has 11 heteroatoms. The first-order chi connectivity index (χ1) is 13.9. The van der Waals surface area contributed by atoms with Crippen LogP contribution >= 0.6 is 11.8 Å². The molecule has 0 radical (unpaired) electrons. The van der Waals surface area contributed by atoms with Gasteiger partial charge in [0.25, 0.3) is 5.56 Å². The van der Waals surface area contributed by atoms with Crippen LogP contribution in [0, 0.1) is 0 Å². The summed E-state index contributed by atoms with van der Waals surface area (Å²) in [5.41, 5.74) is 1.94. The fraction of sp³-hybridized carbons (Fsp3) is 0.556. The second-order valence-electron chi connectivity index (χ2n) is 7.42. The fourth-order valence-corrected chi connectivity index (χ4v) is 6.19. The van der Waals surface area contributed by atoms with E-state index in [1.54, 1.807) is 11.8 Å². The summed E-state index contributed by atoms with van der Waals surface area (Å²) in [5.74, 6) is 1.79. The minimum Gasteiger partial charge on any atom is -0.394 e. The second kappa shape index (κ2) is 8.23. The number of nitrogens with one attached hydrogen (secondary N) is 2. The second-order valence-corrected chi connectivity index (χ2v) is 10.1. The zero-order chi connectivity index (χ0) is 20.6. The van der Waals surface area contributed by atoms with E-state index in [0.717, 1.165) is 42.7 Å². The first-order valence-corrected chi connectivity index (χ1v) is 12.2. The summed E-state index contributed by atoms with van der Waals surface area (Å²) in [6.07, 6.45) is 2.50. The Morgan fingerprint density at radius 3 is 2.76 bits per heavy atom. The van der Waals surface area contributed by atoms with Crippen molar-refractivity contribution in [1.82, 2.24) is 19.5 Å². The van der Waals surface area contributed by atoms with Crippen molar-refractivity contribution in [3.05, 3.63) is 39.4 Å². The van der Waals surface area contributed by atoms with Crippen molar-refractivity contribution in [3.63, 3.8) is 0 Å². The molecule has 1 unspecified atom stereocenters. The minimum absolute atomic E-state index is 0.00245. The van der Waals surface area contributed by atoms with Crippen LogP contribution in [-0.4, -0.2) is 52.7 Å². The Hall–Kier alpha value is -1.66. The molecular weight excluding hydrogens is 416 g/mol. The van der Waals surface area contributed by atoms with Gasteiger partial charge in [0.2, 0.25) is 10.0 Å². The van der Waals surface area contributed by atoms with Crippen molar-refractivity contribution in [3.8, 4) is 5.82 Å². The number of aromatic nitrogens is 3. The van der Waals surface area contributed by atoms with Gasteiger partial charge in [0.05, 0.1) is 29.7 Å². The number of fused-ring (bicyclic) bond motifs is 1. The van der Waals surface area contributed by atoms with Crippen LogP contribution in [0.4, 0.5) is 0 Å². The molecule has 4 rings (SSSR count). The molecule has 3 heterocycles. The normalized spacial score (nSPS) is 18.3. The molecule has 2 aromatic heterocycles. The van der Waals surface area contributed by atoms with Crippen molar-refractivity contribution in [2.45, 2.75) is 54.1 Å². The largest absolute Gasteiger partial charge is 0.394 e. The maximum atomic E-state index is 12.8. The van der Waals surface area contributed by atoms with Gasteiger partial charge in [-0.2, -0.15) is 11.8 Å². The van der Waals surface area contributed by atoms with E-state index in [9.17, 15) is 18.3 Å². The highest BCUT2D eigenvalue weighted by atomic mass is 32.2. The molecule has 1 saturated carbocycles. The number of nitrogens with zero attached hydrogens (tertiary/aromatic N) is 2. The lowest BCUT2D eigenvalue weighted by atomic mass is 10.0. The Labute approximate surface area is 172 Å². The van der Waals surface area contributed by atoms with Gasteiger partial charge in [-0.05, 0) is 25.0 Å². The average molecular weight is 441 g/mol. The standard InChI is InChI=1S/C18H24N4O5S2/c23-8-12(24)7-19-29(26,27)15-5-6-16(20-17(15)11-3-1-2-4-11)22-18(25)13-9-28-10-14(13)21-22/h5-6,11-12,19,21,23-24H,1-4,7-10H2. The van der Waals surface area contributed by atoms with Gasteiger partial charge in [-0.1, -0.05) is 12.8 Å². The molecular formula is C18H24N4O5S2. The summed E-state index contributed by atoms with van der Waals surface area (Å²) in [4.78, 5) is 17.3. The molecule has 2 aromatic rings. The van der Waals surface area contributed by atoms with Crippen molar-refractivity contribution < 1.29 is 18.6 Å². The number of aromatic amines is 1. The molecule has 1 aliphatic heterocycles. The van der Waals surface area contributed by atoms with Crippen LogP contribution in [0.3, 0.4) is 0 Å². The van der Waals surface area contributed by atoms with E-state index in [1.165, 1.54) is 16.8 Å². The molecule has 0 amide bonds. The molecule has 1 fully saturated rings. The molecule has 0 bridgehead atoms. The van der Waals surface area contributed by atoms with E-state index in [2.05, 4.69) is 14.8 Å². The van der Waals surface area contributed by atoms with Gasteiger partial charge in [0, 0.05) is 24.0 Å². The van der Waals surface area contributed by atoms with Gasteiger partial charge in [-0.15, -0.1) is 0 Å². The van der Waals surface area contributed by atoms with Crippen molar-refractivity contribution in [1.29, 1.82) is 0 Å². The molecule has 0 spiro atoms. The van der Waals surface area contributed by atoms with E-state index < -0.39 is 22.7 Å². The first kappa shape index (κ1) is 20.6. The predicted octanol–water partition coefficient (Wildman–Crippen LogP) is 0.596. The molecule has 0 saturated heterocycles. The maximum absolute atomic E-state index is 12.8. The number of H-pyrrole nitrogens is 1. The van der Waals surface area contributed by atoms with E-state index in [0.29, 0.717) is 17.3 Å². The number of aliphatic hydroxyl groups excluding tert-OH is 2. The summed E-state index contributed by atoms with van der Waals surface area (Å²) < 4.78 is 29.4. The summed E-state index contributed by atoms with van der Waals surface area (Å²) in [6, 6.07) is 2.99. The third-order valence-electron chi connectivity index (χ3n) is 5.42. The van der Waals surface area contributed by atoms with Crippen molar-refractivity contribution in [2.24, 2.45) is 0 Å². The van der Waals surface area contributed by atoms with Crippen LogP contribution in [0.5, 0.6) is 0 Å². The van der Waals surface area contributed by atoms with E-state index in [4.69, 9.17) is 5.11 Å². The zero-order valence-electron chi connectivity index (χ0n) is 15.8. The lowest BCUT2D eigenvalue weighted by Gasteiger charge is -2.17. The number of hydrogen-bond donors (Lipinski definition) is 4. The Kier molecular flexibility index (Phi) is 5.85. The first-order valence-electron chi connectivity index (χ1n) is 9.61. The minimum atomic E-state index is -3.92. The van der Waals surface area contributed by atoms with Crippen LogP contribution in [0.25, 0.3) is 5.82 Å². The SMILES string of the molecule is O=c1c2c([nH]n1-c1ccc(S(=O)(=O)NCC(O)CO)c(C3CCCC3)n1)CSC2. The molecule has 0 aromatic carbocycles. The molecule has 1 atom stereocenters.